The molecule has 3 heteroatoms. The summed E-state index contributed by atoms with van der Waals surface area (Å²) < 4.78 is 0. The molecule has 0 bridgehead atoms. The number of hydrazine groups is 1. The Kier molecular flexibility index (Phi) is 4.59. The van der Waals surface area contributed by atoms with Crippen molar-refractivity contribution in [2.75, 3.05) is 14.1 Å². The van der Waals surface area contributed by atoms with E-state index in [0.717, 1.165) is 17.7 Å². The smallest absolute Gasteiger partial charge is 0.157 e. The van der Waals surface area contributed by atoms with E-state index in [1.54, 1.807) is 6.92 Å². The Hall–Kier alpha value is -0.830. The van der Waals surface area contributed by atoms with E-state index in [-0.39, 0.29) is 5.78 Å². The summed E-state index contributed by atoms with van der Waals surface area (Å²) in [5, 5.41) is 1.83. The second-order valence-electron chi connectivity index (χ2n) is 3.02. The zero-order valence-electron chi connectivity index (χ0n) is 8.56. The van der Waals surface area contributed by atoms with Crippen LogP contribution in [0.25, 0.3) is 0 Å². The first-order valence-corrected chi connectivity index (χ1v) is 4.13. The van der Waals surface area contributed by atoms with E-state index in [2.05, 4.69) is 5.43 Å². The van der Waals surface area contributed by atoms with Crippen LogP contribution in [0.2, 0.25) is 0 Å². The van der Waals surface area contributed by atoms with Crippen LogP contribution in [-0.2, 0) is 4.79 Å². The van der Waals surface area contributed by atoms with Gasteiger partial charge in [-0.05, 0) is 20.3 Å². The lowest BCUT2D eigenvalue weighted by molar-refractivity contribution is -0.113. The summed E-state index contributed by atoms with van der Waals surface area (Å²) >= 11 is 0. The van der Waals surface area contributed by atoms with Crippen LogP contribution < -0.4 is 5.43 Å². The standard InChI is InChI=1S/C9H18N2O/c1-6-9(8(3)12)7(2)10-11(4)5/h10H,6H2,1-5H3/b9-7-. The Morgan fingerprint density at radius 3 is 2.08 bits per heavy atom. The van der Waals surface area contributed by atoms with Crippen molar-refractivity contribution >= 4 is 5.78 Å². The van der Waals surface area contributed by atoms with Crippen molar-refractivity contribution in [2.24, 2.45) is 0 Å². The van der Waals surface area contributed by atoms with Crippen molar-refractivity contribution < 1.29 is 4.79 Å². The number of carbonyl (C=O) groups is 1. The molecular formula is C9H18N2O. The number of allylic oxidation sites excluding steroid dienone is 2. The van der Waals surface area contributed by atoms with Gasteiger partial charge in [0.1, 0.15) is 0 Å². The van der Waals surface area contributed by atoms with Gasteiger partial charge in [-0.25, -0.2) is 5.01 Å². The Bertz CT molecular complexity index is 195. The molecule has 0 spiro atoms. The molecule has 0 aromatic carbocycles. The first-order chi connectivity index (χ1) is 5.49. The molecule has 1 N–H and O–H groups in total. The SMILES string of the molecule is CC/C(C(C)=O)=C(\C)NN(C)C. The maximum atomic E-state index is 11.1. The lowest BCUT2D eigenvalue weighted by Crippen LogP contribution is -2.30. The lowest BCUT2D eigenvalue weighted by Gasteiger charge is -2.16. The maximum absolute atomic E-state index is 11.1. The zero-order valence-corrected chi connectivity index (χ0v) is 8.56. The summed E-state index contributed by atoms with van der Waals surface area (Å²) in [4.78, 5) is 11.1. The van der Waals surface area contributed by atoms with Gasteiger partial charge < -0.3 is 5.43 Å². The predicted octanol–water partition coefficient (Wildman–Crippen LogP) is 1.33. The van der Waals surface area contributed by atoms with E-state index in [1.807, 2.05) is 33.0 Å². The summed E-state index contributed by atoms with van der Waals surface area (Å²) in [6, 6.07) is 0. The molecule has 3 nitrogen and oxygen atoms in total. The van der Waals surface area contributed by atoms with Gasteiger partial charge in [-0.3, -0.25) is 4.79 Å². The first kappa shape index (κ1) is 11.2. The highest BCUT2D eigenvalue weighted by atomic mass is 16.1. The topological polar surface area (TPSA) is 32.3 Å². The maximum Gasteiger partial charge on any atom is 0.157 e. The molecule has 0 radical (unpaired) electrons. The van der Waals surface area contributed by atoms with Gasteiger partial charge >= 0.3 is 0 Å². The number of hydrogen-bond donors (Lipinski definition) is 1. The first-order valence-electron chi connectivity index (χ1n) is 4.13. The molecule has 0 amide bonds. The zero-order chi connectivity index (χ0) is 9.72. The summed E-state index contributed by atoms with van der Waals surface area (Å²) in [7, 11) is 3.80. The number of nitrogens with one attached hydrogen (secondary N) is 1. The van der Waals surface area contributed by atoms with Crippen molar-refractivity contribution in [3.63, 3.8) is 0 Å². The molecule has 0 saturated heterocycles. The molecule has 0 aliphatic rings. The molecule has 0 rings (SSSR count). The fraction of sp³-hybridized carbons (Fsp3) is 0.667. The number of hydrogen-bond acceptors (Lipinski definition) is 3. The predicted molar refractivity (Wildman–Crippen MR) is 50.5 cm³/mol. The summed E-state index contributed by atoms with van der Waals surface area (Å²) in [6.45, 7) is 5.50. The van der Waals surface area contributed by atoms with E-state index in [1.165, 1.54) is 0 Å². The molecule has 0 fully saturated rings. The van der Waals surface area contributed by atoms with Gasteiger partial charge in [0.25, 0.3) is 0 Å². The molecule has 70 valence electrons. The Labute approximate surface area is 74.4 Å². The Morgan fingerprint density at radius 1 is 1.33 bits per heavy atom. The second kappa shape index (κ2) is 4.93. The van der Waals surface area contributed by atoms with Gasteiger partial charge in [-0.1, -0.05) is 6.92 Å². The summed E-state index contributed by atoms with van der Waals surface area (Å²) in [6.07, 6.45) is 0.780. The molecule has 0 aliphatic carbocycles. The summed E-state index contributed by atoms with van der Waals surface area (Å²) in [5.74, 6) is 0.143. The van der Waals surface area contributed by atoms with Gasteiger partial charge in [-0.2, -0.15) is 0 Å². The Morgan fingerprint density at radius 2 is 1.83 bits per heavy atom. The highest BCUT2D eigenvalue weighted by molar-refractivity contribution is 5.93. The van der Waals surface area contributed by atoms with Crippen LogP contribution in [0.3, 0.4) is 0 Å². The molecule has 12 heavy (non-hydrogen) atoms. The van der Waals surface area contributed by atoms with Gasteiger partial charge in [0.2, 0.25) is 0 Å². The van der Waals surface area contributed by atoms with Crippen LogP contribution >= 0.6 is 0 Å². The van der Waals surface area contributed by atoms with E-state index in [9.17, 15) is 4.79 Å². The van der Waals surface area contributed by atoms with Gasteiger partial charge in [0.05, 0.1) is 0 Å². The van der Waals surface area contributed by atoms with Crippen molar-refractivity contribution in [2.45, 2.75) is 27.2 Å². The number of rotatable bonds is 4. The highest BCUT2D eigenvalue weighted by Gasteiger charge is 2.05. The Balaban J connectivity index is 4.49. The molecule has 0 unspecified atom stereocenters. The number of carbonyl (C=O) groups excluding carboxylic acids is 1. The van der Waals surface area contributed by atoms with E-state index >= 15 is 0 Å². The number of Topliss-reactive ketones (excluding diaryl/α,β-unsaturated/α-hetero) is 1. The lowest BCUT2D eigenvalue weighted by atomic mass is 10.1. The van der Waals surface area contributed by atoms with Crippen LogP contribution in [0.1, 0.15) is 27.2 Å². The van der Waals surface area contributed by atoms with Crippen LogP contribution in [0.15, 0.2) is 11.3 Å². The average molecular weight is 170 g/mol. The average Bonchev–Trinajstić information content (AvgIpc) is 1.85. The van der Waals surface area contributed by atoms with Crippen LogP contribution in [-0.4, -0.2) is 24.9 Å². The molecule has 0 saturated carbocycles. The van der Waals surface area contributed by atoms with Gasteiger partial charge in [0, 0.05) is 25.4 Å². The molecule has 0 aromatic heterocycles. The minimum atomic E-state index is 0.143. The van der Waals surface area contributed by atoms with E-state index < -0.39 is 0 Å². The normalized spacial score (nSPS) is 12.8. The van der Waals surface area contributed by atoms with Gasteiger partial charge in [0.15, 0.2) is 5.78 Å². The van der Waals surface area contributed by atoms with Gasteiger partial charge in [-0.15, -0.1) is 0 Å². The molecule has 0 heterocycles. The molecule has 0 atom stereocenters. The fourth-order valence-corrected chi connectivity index (χ4v) is 1.18. The number of nitrogens with zero attached hydrogens (tertiary/aromatic N) is 1. The van der Waals surface area contributed by atoms with Crippen molar-refractivity contribution in [1.29, 1.82) is 0 Å². The minimum Gasteiger partial charge on any atom is -0.323 e. The molecular weight excluding hydrogens is 152 g/mol. The summed E-state index contributed by atoms with van der Waals surface area (Å²) in [5.41, 5.74) is 4.87. The second-order valence-corrected chi connectivity index (χ2v) is 3.02. The quantitative estimate of drug-likeness (QED) is 0.510. The minimum absolute atomic E-state index is 0.143. The van der Waals surface area contributed by atoms with Crippen molar-refractivity contribution in [3.8, 4) is 0 Å². The largest absolute Gasteiger partial charge is 0.323 e. The molecule has 0 aliphatic heterocycles. The monoisotopic (exact) mass is 170 g/mol. The highest BCUT2D eigenvalue weighted by Crippen LogP contribution is 2.06. The fourth-order valence-electron chi connectivity index (χ4n) is 1.18. The molecule has 0 aromatic rings. The third-order valence-corrected chi connectivity index (χ3v) is 1.62. The van der Waals surface area contributed by atoms with Crippen molar-refractivity contribution in [3.05, 3.63) is 11.3 Å². The van der Waals surface area contributed by atoms with Crippen LogP contribution in [0.4, 0.5) is 0 Å². The van der Waals surface area contributed by atoms with Crippen LogP contribution in [0, 0.1) is 0 Å². The third kappa shape index (κ3) is 3.53. The van der Waals surface area contributed by atoms with Crippen LogP contribution in [0.5, 0.6) is 0 Å². The number of ketones is 1. The third-order valence-electron chi connectivity index (χ3n) is 1.62. The van der Waals surface area contributed by atoms with E-state index in [4.69, 9.17) is 0 Å². The van der Waals surface area contributed by atoms with Crippen molar-refractivity contribution in [1.82, 2.24) is 10.4 Å². The van der Waals surface area contributed by atoms with E-state index in [0.29, 0.717) is 0 Å².